The molecule has 0 fully saturated rings. The molecule has 0 amide bonds. The Labute approximate surface area is 179 Å². The Morgan fingerprint density at radius 2 is 1.87 bits per heavy atom. The van der Waals surface area contributed by atoms with Gasteiger partial charge in [-0.3, -0.25) is 15.0 Å². The molecular weight excluding hydrogens is 382 g/mol. The van der Waals surface area contributed by atoms with Gasteiger partial charge in [0.2, 0.25) is 5.96 Å². The molecule has 0 radical (unpaired) electrons. The standard InChI is InChI=1S/C26H21N5/c1-28-17-29-25(27)31-21-10-5-7-18-11-12-20-24(23(18)21)22(31)13-15-26(20)14-6-16-30(26)19-8-3-2-4-9-19/h2-13,16-17,27H,1,14-15H2/b27-25?,29-17-. The number of benzene rings is 3. The lowest BCUT2D eigenvalue weighted by Crippen LogP contribution is -2.43. The van der Waals surface area contributed by atoms with E-state index in [4.69, 9.17) is 5.41 Å². The van der Waals surface area contributed by atoms with Gasteiger partial charge in [0.15, 0.2) is 0 Å². The first-order valence-electron chi connectivity index (χ1n) is 10.4. The molecule has 1 unspecified atom stereocenters. The van der Waals surface area contributed by atoms with Gasteiger partial charge in [-0.05, 0) is 48.7 Å². The highest BCUT2D eigenvalue weighted by Crippen LogP contribution is 2.48. The van der Waals surface area contributed by atoms with Crippen LogP contribution >= 0.6 is 0 Å². The molecule has 1 N–H and O–H groups in total. The average molecular weight is 403 g/mol. The number of hydrogen-bond acceptors (Lipinski definition) is 2. The van der Waals surface area contributed by atoms with Gasteiger partial charge in [-0.25, -0.2) is 4.99 Å². The number of hydrogen-bond donors (Lipinski definition) is 1. The van der Waals surface area contributed by atoms with Gasteiger partial charge in [0.25, 0.3) is 0 Å². The van der Waals surface area contributed by atoms with E-state index in [0.717, 1.165) is 23.7 Å². The summed E-state index contributed by atoms with van der Waals surface area (Å²) in [6.45, 7) is 3.45. The van der Waals surface area contributed by atoms with E-state index in [1.54, 1.807) is 0 Å². The topological polar surface area (TPSA) is 56.7 Å². The number of rotatable bonds is 2. The predicted molar refractivity (Wildman–Crippen MR) is 129 cm³/mol. The van der Waals surface area contributed by atoms with Crippen LogP contribution in [0.2, 0.25) is 0 Å². The maximum absolute atomic E-state index is 8.61. The molecule has 150 valence electrons. The molecule has 31 heavy (non-hydrogen) atoms. The van der Waals surface area contributed by atoms with Crippen molar-refractivity contribution >= 4 is 52.5 Å². The summed E-state index contributed by atoms with van der Waals surface area (Å²) in [6.07, 6.45) is 9.88. The summed E-state index contributed by atoms with van der Waals surface area (Å²) in [5.74, 6) is 0.147. The molecule has 4 aromatic rings. The van der Waals surface area contributed by atoms with E-state index in [2.05, 4.69) is 94.6 Å². The number of anilines is 1. The fourth-order valence-corrected chi connectivity index (χ4v) is 5.33. The molecule has 5 nitrogen and oxygen atoms in total. The summed E-state index contributed by atoms with van der Waals surface area (Å²) in [5.41, 5.74) is 3.34. The smallest absolute Gasteiger partial charge is 0.228 e. The van der Waals surface area contributed by atoms with Crippen molar-refractivity contribution in [1.82, 2.24) is 4.57 Å². The first kappa shape index (κ1) is 17.8. The zero-order chi connectivity index (χ0) is 21.0. The quantitative estimate of drug-likeness (QED) is 0.378. The molecule has 1 aliphatic carbocycles. The van der Waals surface area contributed by atoms with Crippen molar-refractivity contribution < 1.29 is 0 Å². The van der Waals surface area contributed by atoms with Crippen molar-refractivity contribution in [3.8, 4) is 0 Å². The van der Waals surface area contributed by atoms with Crippen LogP contribution in [0.4, 0.5) is 5.69 Å². The summed E-state index contributed by atoms with van der Waals surface area (Å²) in [4.78, 5) is 10.3. The molecule has 0 saturated heterocycles. The number of fused-ring (bicyclic) bond motifs is 1. The number of aliphatic imine (C=N–C) groups is 2. The molecule has 2 heterocycles. The van der Waals surface area contributed by atoms with Gasteiger partial charge >= 0.3 is 0 Å². The summed E-state index contributed by atoms with van der Waals surface area (Å²) >= 11 is 0. The van der Waals surface area contributed by atoms with Crippen LogP contribution in [0.3, 0.4) is 0 Å². The van der Waals surface area contributed by atoms with Gasteiger partial charge in [-0.15, -0.1) is 0 Å². The number of aromatic nitrogens is 1. The Balaban J connectivity index is 1.66. The van der Waals surface area contributed by atoms with Gasteiger partial charge in [0, 0.05) is 22.7 Å². The monoisotopic (exact) mass is 403 g/mol. The zero-order valence-corrected chi connectivity index (χ0v) is 17.0. The second kappa shape index (κ2) is 6.51. The Kier molecular flexibility index (Phi) is 3.74. The Morgan fingerprint density at radius 1 is 1.00 bits per heavy atom. The largest absolute Gasteiger partial charge is 0.337 e. The average Bonchev–Trinajstić information content (AvgIpc) is 3.38. The molecule has 6 rings (SSSR count). The molecular formula is C26H21N5. The second-order valence-electron chi connectivity index (χ2n) is 8.07. The minimum atomic E-state index is -0.161. The molecule has 0 saturated carbocycles. The molecule has 1 atom stereocenters. The van der Waals surface area contributed by atoms with E-state index >= 15 is 0 Å². The first-order valence-corrected chi connectivity index (χ1v) is 10.4. The molecule has 2 aliphatic rings. The van der Waals surface area contributed by atoms with Crippen LogP contribution in [0.15, 0.2) is 82.9 Å². The van der Waals surface area contributed by atoms with Crippen molar-refractivity contribution in [3.05, 3.63) is 83.9 Å². The minimum Gasteiger partial charge on any atom is -0.337 e. The van der Waals surface area contributed by atoms with Crippen LogP contribution in [-0.4, -0.2) is 23.6 Å². The summed E-state index contributed by atoms with van der Waals surface area (Å²) < 4.78 is 1.94. The van der Waals surface area contributed by atoms with Crippen molar-refractivity contribution in [2.24, 2.45) is 9.98 Å². The predicted octanol–water partition coefficient (Wildman–Crippen LogP) is 4.83. The fourth-order valence-electron chi connectivity index (χ4n) is 5.33. The summed E-state index contributed by atoms with van der Waals surface area (Å²) in [6, 6.07) is 21.3. The van der Waals surface area contributed by atoms with Gasteiger partial charge in [-0.1, -0.05) is 54.6 Å². The van der Waals surface area contributed by atoms with E-state index in [1.807, 2.05) is 10.6 Å². The van der Waals surface area contributed by atoms with Crippen LogP contribution in [0.1, 0.15) is 18.4 Å². The number of para-hydroxylation sites is 1. The third-order valence-corrected chi connectivity index (χ3v) is 6.57. The maximum Gasteiger partial charge on any atom is 0.228 e. The highest BCUT2D eigenvalue weighted by Gasteiger charge is 2.43. The fraction of sp³-hybridized carbons (Fsp3) is 0.115. The molecule has 0 bridgehead atoms. The molecule has 1 aromatic heterocycles. The Morgan fingerprint density at radius 3 is 2.71 bits per heavy atom. The number of nitrogens with zero attached hydrogens (tertiary/aromatic N) is 4. The number of nitrogens with one attached hydrogen (secondary N) is 1. The highest BCUT2D eigenvalue weighted by atomic mass is 15.2. The third-order valence-electron chi connectivity index (χ3n) is 6.57. The van der Waals surface area contributed by atoms with Crippen molar-refractivity contribution in [2.75, 3.05) is 4.90 Å². The summed E-state index contributed by atoms with van der Waals surface area (Å²) in [5, 5.41) is 13.2. The van der Waals surface area contributed by atoms with E-state index < -0.39 is 0 Å². The van der Waals surface area contributed by atoms with E-state index in [9.17, 15) is 0 Å². The van der Waals surface area contributed by atoms with E-state index in [0.29, 0.717) is 0 Å². The maximum atomic E-state index is 8.61. The SMILES string of the molecule is C=N/C=N\C(=N)n1c2c3c(ccc4cccc1c43)C1(CC=CN1c1ccccc1)CC=2. The van der Waals surface area contributed by atoms with E-state index in [-0.39, 0.29) is 11.5 Å². The van der Waals surface area contributed by atoms with Crippen LogP contribution < -0.4 is 10.2 Å². The minimum absolute atomic E-state index is 0.147. The lowest BCUT2D eigenvalue weighted by Gasteiger charge is -2.41. The van der Waals surface area contributed by atoms with Gasteiger partial charge in [-0.2, -0.15) is 0 Å². The van der Waals surface area contributed by atoms with Crippen molar-refractivity contribution in [3.63, 3.8) is 0 Å². The first-order chi connectivity index (χ1) is 15.2. The van der Waals surface area contributed by atoms with Crippen molar-refractivity contribution in [2.45, 2.75) is 18.4 Å². The summed E-state index contributed by atoms with van der Waals surface area (Å²) in [7, 11) is 0. The second-order valence-corrected chi connectivity index (χ2v) is 8.07. The van der Waals surface area contributed by atoms with Crippen LogP contribution in [0, 0.1) is 5.41 Å². The molecule has 1 aliphatic heterocycles. The van der Waals surface area contributed by atoms with Gasteiger partial charge < -0.3 is 4.90 Å². The molecule has 3 aromatic carbocycles. The van der Waals surface area contributed by atoms with Gasteiger partial charge in [0.05, 0.1) is 16.4 Å². The molecule has 5 heteroatoms. The molecule has 1 spiro atoms. The van der Waals surface area contributed by atoms with Crippen molar-refractivity contribution in [1.29, 1.82) is 5.41 Å². The lowest BCUT2D eigenvalue weighted by molar-refractivity contribution is 0.474. The zero-order valence-electron chi connectivity index (χ0n) is 17.0. The van der Waals surface area contributed by atoms with Crippen LogP contribution in [-0.2, 0) is 5.54 Å². The van der Waals surface area contributed by atoms with Crippen LogP contribution in [0.5, 0.6) is 0 Å². The van der Waals surface area contributed by atoms with E-state index in [1.165, 1.54) is 33.7 Å². The Hall–Kier alpha value is -3.99. The lowest BCUT2D eigenvalue weighted by atomic mass is 9.78. The third kappa shape index (κ3) is 2.34. The highest BCUT2D eigenvalue weighted by molar-refractivity contribution is 6.15. The van der Waals surface area contributed by atoms with Gasteiger partial charge in [0.1, 0.15) is 6.34 Å². The van der Waals surface area contributed by atoms with Crippen LogP contribution in [0.25, 0.3) is 27.8 Å². The Bertz CT molecular complexity index is 1470. The normalized spacial score (nSPS) is 19.7.